The number of hydrogen-bond acceptors (Lipinski definition) is 3. The fraction of sp³-hybridized carbons (Fsp3) is 0.0667. The zero-order valence-electron chi connectivity index (χ0n) is 11.6. The molecule has 4 N–H and O–H groups in total. The van der Waals surface area contributed by atoms with Crippen LogP contribution >= 0.6 is 11.6 Å². The van der Waals surface area contributed by atoms with Crippen molar-refractivity contribution in [3.63, 3.8) is 0 Å². The smallest absolute Gasteiger partial charge is 0.142 e. The van der Waals surface area contributed by atoms with E-state index in [1.165, 1.54) is 19.2 Å². The molecule has 3 aromatic rings. The first-order valence-electron chi connectivity index (χ1n) is 6.37. The van der Waals surface area contributed by atoms with Gasteiger partial charge < -0.3 is 15.5 Å². The summed E-state index contributed by atoms with van der Waals surface area (Å²) in [5.41, 5.74) is 7.33. The molecule has 0 aliphatic carbocycles. The van der Waals surface area contributed by atoms with Crippen LogP contribution < -0.4 is 10.5 Å². The number of nitrogens with two attached hydrogens (primary N) is 1. The Balaban J connectivity index is 2.24. The average molecular weight is 319 g/mol. The fourth-order valence-electron chi connectivity index (χ4n) is 2.26. The van der Waals surface area contributed by atoms with E-state index in [0.717, 1.165) is 0 Å². The van der Waals surface area contributed by atoms with Gasteiger partial charge in [-0.25, -0.2) is 9.37 Å². The molecule has 0 aliphatic rings. The lowest BCUT2D eigenvalue weighted by molar-refractivity contribution is 0.414. The van der Waals surface area contributed by atoms with E-state index in [4.69, 9.17) is 27.5 Å². The summed E-state index contributed by atoms with van der Waals surface area (Å²) in [6.07, 6.45) is 0. The molecule has 0 saturated carbocycles. The Morgan fingerprint density at radius 1 is 1.41 bits per heavy atom. The largest absolute Gasteiger partial charge is 0.496 e. The van der Waals surface area contributed by atoms with Crippen LogP contribution in [0, 0.1) is 11.2 Å². The van der Waals surface area contributed by atoms with Crippen LogP contribution in [-0.4, -0.2) is 22.9 Å². The predicted octanol–water partition coefficient (Wildman–Crippen LogP) is 3.32. The van der Waals surface area contributed by atoms with Crippen molar-refractivity contribution in [2.75, 3.05) is 7.11 Å². The van der Waals surface area contributed by atoms with E-state index >= 15 is 0 Å². The van der Waals surface area contributed by atoms with Gasteiger partial charge >= 0.3 is 0 Å². The molecule has 0 amide bonds. The average Bonchev–Trinajstić information content (AvgIpc) is 2.87. The maximum atomic E-state index is 14.0. The Morgan fingerprint density at radius 2 is 2.18 bits per heavy atom. The molecule has 0 unspecified atom stereocenters. The number of ether oxygens (including phenoxy) is 1. The van der Waals surface area contributed by atoms with E-state index in [0.29, 0.717) is 28.2 Å². The predicted molar refractivity (Wildman–Crippen MR) is 84.1 cm³/mol. The van der Waals surface area contributed by atoms with Gasteiger partial charge in [0.2, 0.25) is 0 Å². The number of nitrogen functional groups attached to an aromatic ring is 1. The van der Waals surface area contributed by atoms with Gasteiger partial charge in [0.1, 0.15) is 23.2 Å². The van der Waals surface area contributed by atoms with Crippen LogP contribution in [0.15, 0.2) is 30.3 Å². The molecule has 0 bridgehead atoms. The van der Waals surface area contributed by atoms with Gasteiger partial charge in [-0.1, -0.05) is 17.7 Å². The minimum atomic E-state index is -0.467. The number of aromatic nitrogens is 2. The van der Waals surface area contributed by atoms with E-state index in [1.54, 1.807) is 18.2 Å². The van der Waals surface area contributed by atoms with Crippen molar-refractivity contribution in [1.29, 1.82) is 5.41 Å². The molecule has 0 fully saturated rings. The highest BCUT2D eigenvalue weighted by Crippen LogP contribution is 2.32. The molecule has 0 atom stereocenters. The summed E-state index contributed by atoms with van der Waals surface area (Å²) in [5, 5.41) is 7.83. The molecule has 1 heterocycles. The second-order valence-electron chi connectivity index (χ2n) is 4.67. The number of amidine groups is 1. The van der Waals surface area contributed by atoms with Crippen LogP contribution in [0.25, 0.3) is 22.4 Å². The summed E-state index contributed by atoms with van der Waals surface area (Å²) >= 11 is 6.05. The number of halogens is 2. The van der Waals surface area contributed by atoms with Crippen LogP contribution in [-0.2, 0) is 0 Å². The lowest BCUT2D eigenvalue weighted by Crippen LogP contribution is -2.12. The number of aromatic amines is 1. The maximum absolute atomic E-state index is 14.0. The molecule has 1 aromatic heterocycles. The first kappa shape index (κ1) is 14.3. The van der Waals surface area contributed by atoms with Gasteiger partial charge in [0.05, 0.1) is 34.3 Å². The highest BCUT2D eigenvalue weighted by molar-refractivity contribution is 6.33. The molecule has 0 spiro atoms. The summed E-state index contributed by atoms with van der Waals surface area (Å²) in [4.78, 5) is 7.34. The monoisotopic (exact) mass is 318 g/mol. The van der Waals surface area contributed by atoms with Crippen molar-refractivity contribution >= 4 is 28.5 Å². The Morgan fingerprint density at radius 3 is 2.82 bits per heavy atom. The van der Waals surface area contributed by atoms with Crippen LogP contribution in [0.4, 0.5) is 4.39 Å². The van der Waals surface area contributed by atoms with E-state index in [-0.39, 0.29) is 16.4 Å². The van der Waals surface area contributed by atoms with Crippen molar-refractivity contribution in [2.24, 2.45) is 5.73 Å². The quantitative estimate of drug-likeness (QED) is 0.511. The number of imidazole rings is 1. The fourth-order valence-corrected chi connectivity index (χ4v) is 2.51. The van der Waals surface area contributed by atoms with Gasteiger partial charge in [0, 0.05) is 6.07 Å². The van der Waals surface area contributed by atoms with Gasteiger partial charge in [-0.05, 0) is 18.2 Å². The van der Waals surface area contributed by atoms with Crippen LogP contribution in [0.5, 0.6) is 5.75 Å². The molecule has 22 heavy (non-hydrogen) atoms. The van der Waals surface area contributed by atoms with E-state index in [2.05, 4.69) is 9.97 Å². The van der Waals surface area contributed by atoms with Gasteiger partial charge in [-0.15, -0.1) is 0 Å². The SMILES string of the molecule is COc1cc2[nH]c(-c3c(F)cccc3Cl)nc2cc1C(=N)N. The molecule has 2 aromatic carbocycles. The van der Waals surface area contributed by atoms with Crippen LogP contribution in [0.3, 0.4) is 0 Å². The zero-order chi connectivity index (χ0) is 15.9. The Bertz CT molecular complexity index is 870. The Labute approximate surface area is 130 Å². The van der Waals surface area contributed by atoms with Crippen molar-refractivity contribution in [3.8, 4) is 17.1 Å². The molecule has 112 valence electrons. The van der Waals surface area contributed by atoms with E-state index < -0.39 is 5.82 Å². The first-order valence-corrected chi connectivity index (χ1v) is 6.75. The van der Waals surface area contributed by atoms with Crippen molar-refractivity contribution in [2.45, 2.75) is 0 Å². The second kappa shape index (κ2) is 5.31. The third kappa shape index (κ3) is 2.27. The highest BCUT2D eigenvalue weighted by atomic mass is 35.5. The molecule has 5 nitrogen and oxygen atoms in total. The van der Waals surface area contributed by atoms with Crippen molar-refractivity contribution < 1.29 is 9.13 Å². The number of nitrogens with zero attached hydrogens (tertiary/aromatic N) is 1. The number of nitrogens with one attached hydrogen (secondary N) is 2. The van der Waals surface area contributed by atoms with Crippen LogP contribution in [0.1, 0.15) is 5.56 Å². The molecule has 0 aliphatic heterocycles. The molecule has 3 rings (SSSR count). The van der Waals surface area contributed by atoms with Gasteiger partial charge in [-0.3, -0.25) is 5.41 Å². The zero-order valence-corrected chi connectivity index (χ0v) is 12.3. The first-order chi connectivity index (χ1) is 10.5. The third-order valence-corrected chi connectivity index (χ3v) is 3.61. The van der Waals surface area contributed by atoms with Gasteiger partial charge in [0.15, 0.2) is 0 Å². The number of rotatable bonds is 3. The molecule has 7 heteroatoms. The summed E-state index contributed by atoms with van der Waals surface area (Å²) in [7, 11) is 1.48. The van der Waals surface area contributed by atoms with E-state index in [9.17, 15) is 4.39 Å². The highest BCUT2D eigenvalue weighted by Gasteiger charge is 2.16. The number of fused-ring (bicyclic) bond motifs is 1. The number of benzene rings is 2. The van der Waals surface area contributed by atoms with Crippen LogP contribution in [0.2, 0.25) is 5.02 Å². The topological polar surface area (TPSA) is 87.8 Å². The summed E-state index contributed by atoms with van der Waals surface area (Å²) in [5.74, 6) is 0.147. The lowest BCUT2D eigenvalue weighted by atomic mass is 10.1. The molecule has 0 radical (unpaired) electrons. The van der Waals surface area contributed by atoms with E-state index in [1.807, 2.05) is 0 Å². The Kier molecular flexibility index (Phi) is 3.46. The lowest BCUT2D eigenvalue weighted by Gasteiger charge is -2.06. The normalized spacial score (nSPS) is 10.9. The van der Waals surface area contributed by atoms with Gasteiger partial charge in [-0.2, -0.15) is 0 Å². The third-order valence-electron chi connectivity index (χ3n) is 3.29. The molecule has 0 saturated heterocycles. The summed E-state index contributed by atoms with van der Waals surface area (Å²) in [6.45, 7) is 0. The van der Waals surface area contributed by atoms with Crippen molar-refractivity contribution in [3.05, 3.63) is 46.7 Å². The molecular weight excluding hydrogens is 307 g/mol. The number of H-pyrrole nitrogens is 1. The number of hydrogen-bond donors (Lipinski definition) is 3. The summed E-state index contributed by atoms with van der Waals surface area (Å²) in [6, 6.07) is 7.72. The standard InChI is InChI=1S/C15H12ClFN4O/c1-22-12-6-11-10(5-7(12)14(18)19)20-15(21-11)13-8(16)3-2-4-9(13)17/h2-6H,1H3,(H3,18,19)(H,20,21). The summed E-state index contributed by atoms with van der Waals surface area (Å²) < 4.78 is 19.2. The molecular formula is C15H12ClFN4O. The maximum Gasteiger partial charge on any atom is 0.142 e. The second-order valence-corrected chi connectivity index (χ2v) is 5.07. The minimum absolute atomic E-state index is 0.132. The van der Waals surface area contributed by atoms with Crippen molar-refractivity contribution in [1.82, 2.24) is 9.97 Å². The number of methoxy groups -OCH3 is 1. The minimum Gasteiger partial charge on any atom is -0.496 e. The van der Waals surface area contributed by atoms with Gasteiger partial charge in [0.25, 0.3) is 0 Å². The Hall–Kier alpha value is -2.60.